The predicted molar refractivity (Wildman–Crippen MR) is 74.9 cm³/mol. The molecular weight excluding hydrogens is 226 g/mol. The summed E-state index contributed by atoms with van der Waals surface area (Å²) in [5, 5.41) is 10.3. The Morgan fingerprint density at radius 1 is 1.17 bits per heavy atom. The van der Waals surface area contributed by atoms with Crippen LogP contribution in [0.2, 0.25) is 0 Å². The molecule has 0 bridgehead atoms. The number of nitrogens with two attached hydrogens (primary N) is 1. The lowest BCUT2D eigenvalue weighted by Crippen LogP contribution is -2.33. The van der Waals surface area contributed by atoms with Gasteiger partial charge in [-0.15, -0.1) is 0 Å². The van der Waals surface area contributed by atoms with E-state index in [2.05, 4.69) is 13.8 Å². The third-order valence-electron chi connectivity index (χ3n) is 3.38. The molecule has 2 unspecified atom stereocenters. The standard InChI is InChI=1S/C15H25NO2/c1-9(2)11-6-7-12(13(8-11)18-5)15(17)14(16)10(3)4/h6-10,14-15,17H,16H2,1-5H3. The molecular formula is C15H25NO2. The Hall–Kier alpha value is -1.06. The van der Waals surface area contributed by atoms with Gasteiger partial charge in [-0.3, -0.25) is 0 Å². The molecule has 1 rings (SSSR count). The Morgan fingerprint density at radius 2 is 1.78 bits per heavy atom. The first kappa shape index (κ1) is 15.0. The second-order valence-corrected chi connectivity index (χ2v) is 5.42. The van der Waals surface area contributed by atoms with E-state index >= 15 is 0 Å². The van der Waals surface area contributed by atoms with E-state index in [0.717, 1.165) is 5.56 Å². The van der Waals surface area contributed by atoms with Crippen LogP contribution in [-0.2, 0) is 0 Å². The van der Waals surface area contributed by atoms with E-state index in [1.807, 2.05) is 32.0 Å². The number of ether oxygens (including phenoxy) is 1. The van der Waals surface area contributed by atoms with Crippen molar-refractivity contribution >= 4 is 0 Å². The average Bonchev–Trinajstić information content (AvgIpc) is 2.35. The molecule has 1 aromatic rings. The highest BCUT2D eigenvalue weighted by Crippen LogP contribution is 2.31. The van der Waals surface area contributed by atoms with E-state index in [1.54, 1.807) is 7.11 Å². The molecule has 0 fully saturated rings. The van der Waals surface area contributed by atoms with Crippen LogP contribution in [0.25, 0.3) is 0 Å². The summed E-state index contributed by atoms with van der Waals surface area (Å²) in [4.78, 5) is 0. The zero-order valence-electron chi connectivity index (χ0n) is 12.0. The summed E-state index contributed by atoms with van der Waals surface area (Å²) in [6.45, 7) is 8.27. The number of rotatable bonds is 5. The molecule has 0 aromatic heterocycles. The molecule has 0 aliphatic carbocycles. The molecule has 3 heteroatoms. The van der Waals surface area contributed by atoms with E-state index in [0.29, 0.717) is 11.7 Å². The number of benzene rings is 1. The molecule has 18 heavy (non-hydrogen) atoms. The molecule has 102 valence electrons. The predicted octanol–water partition coefficient (Wildman–Crippen LogP) is 2.84. The van der Waals surface area contributed by atoms with Crippen LogP contribution in [0.3, 0.4) is 0 Å². The van der Waals surface area contributed by atoms with Gasteiger partial charge < -0.3 is 15.6 Å². The maximum atomic E-state index is 10.3. The molecule has 3 nitrogen and oxygen atoms in total. The number of hydrogen-bond acceptors (Lipinski definition) is 3. The lowest BCUT2D eigenvalue weighted by molar-refractivity contribution is 0.122. The van der Waals surface area contributed by atoms with E-state index in [1.165, 1.54) is 5.56 Å². The zero-order chi connectivity index (χ0) is 13.9. The van der Waals surface area contributed by atoms with E-state index in [9.17, 15) is 5.11 Å². The molecule has 0 spiro atoms. The van der Waals surface area contributed by atoms with Crippen molar-refractivity contribution in [1.29, 1.82) is 0 Å². The van der Waals surface area contributed by atoms with Crippen molar-refractivity contribution < 1.29 is 9.84 Å². The fourth-order valence-electron chi connectivity index (χ4n) is 1.90. The van der Waals surface area contributed by atoms with Crippen molar-refractivity contribution in [3.8, 4) is 5.75 Å². The Balaban J connectivity index is 3.09. The average molecular weight is 251 g/mol. The van der Waals surface area contributed by atoms with Crippen LogP contribution in [0.15, 0.2) is 18.2 Å². The summed E-state index contributed by atoms with van der Waals surface area (Å²) in [5.74, 6) is 1.36. The summed E-state index contributed by atoms with van der Waals surface area (Å²) in [6.07, 6.45) is -0.693. The minimum atomic E-state index is -0.693. The molecule has 0 saturated heterocycles. The van der Waals surface area contributed by atoms with Crippen molar-refractivity contribution in [2.75, 3.05) is 7.11 Å². The monoisotopic (exact) mass is 251 g/mol. The minimum Gasteiger partial charge on any atom is -0.496 e. The third-order valence-corrected chi connectivity index (χ3v) is 3.38. The SMILES string of the molecule is COc1cc(C(C)C)ccc1C(O)C(N)C(C)C. The van der Waals surface area contributed by atoms with Gasteiger partial charge in [0.25, 0.3) is 0 Å². The van der Waals surface area contributed by atoms with Gasteiger partial charge in [0.05, 0.1) is 13.2 Å². The Morgan fingerprint density at radius 3 is 2.22 bits per heavy atom. The fourth-order valence-corrected chi connectivity index (χ4v) is 1.90. The maximum Gasteiger partial charge on any atom is 0.125 e. The molecule has 0 heterocycles. The molecule has 0 aliphatic heterocycles. The topological polar surface area (TPSA) is 55.5 Å². The summed E-state index contributed by atoms with van der Waals surface area (Å²) < 4.78 is 5.37. The van der Waals surface area contributed by atoms with Crippen molar-refractivity contribution in [2.24, 2.45) is 11.7 Å². The summed E-state index contributed by atoms with van der Waals surface area (Å²) >= 11 is 0. The van der Waals surface area contributed by atoms with Gasteiger partial charge >= 0.3 is 0 Å². The highest BCUT2D eigenvalue weighted by molar-refractivity contribution is 5.40. The minimum absolute atomic E-state index is 0.217. The van der Waals surface area contributed by atoms with Crippen LogP contribution in [0.1, 0.15) is 50.8 Å². The van der Waals surface area contributed by atoms with Gasteiger partial charge in [0.2, 0.25) is 0 Å². The first-order valence-corrected chi connectivity index (χ1v) is 6.50. The van der Waals surface area contributed by atoms with Crippen LogP contribution in [0, 0.1) is 5.92 Å². The Labute approximate surface area is 110 Å². The number of hydrogen-bond donors (Lipinski definition) is 2. The van der Waals surface area contributed by atoms with Gasteiger partial charge in [-0.25, -0.2) is 0 Å². The van der Waals surface area contributed by atoms with Gasteiger partial charge in [-0.1, -0.05) is 39.8 Å². The van der Waals surface area contributed by atoms with Crippen LogP contribution in [-0.4, -0.2) is 18.3 Å². The Kier molecular flexibility index (Phi) is 5.17. The lowest BCUT2D eigenvalue weighted by Gasteiger charge is -2.24. The zero-order valence-corrected chi connectivity index (χ0v) is 12.0. The first-order valence-electron chi connectivity index (χ1n) is 6.50. The molecule has 3 N–H and O–H groups in total. The van der Waals surface area contributed by atoms with Crippen LogP contribution >= 0.6 is 0 Å². The molecule has 0 radical (unpaired) electrons. The third kappa shape index (κ3) is 3.24. The molecule has 0 amide bonds. The quantitative estimate of drug-likeness (QED) is 0.846. The lowest BCUT2D eigenvalue weighted by atomic mass is 9.92. The highest BCUT2D eigenvalue weighted by atomic mass is 16.5. The number of methoxy groups -OCH3 is 1. The first-order chi connectivity index (χ1) is 8.38. The maximum absolute atomic E-state index is 10.3. The smallest absolute Gasteiger partial charge is 0.125 e. The fraction of sp³-hybridized carbons (Fsp3) is 0.600. The van der Waals surface area contributed by atoms with Gasteiger partial charge in [0.15, 0.2) is 0 Å². The van der Waals surface area contributed by atoms with Gasteiger partial charge in [0, 0.05) is 11.6 Å². The van der Waals surface area contributed by atoms with E-state index in [-0.39, 0.29) is 12.0 Å². The van der Waals surface area contributed by atoms with Crippen LogP contribution < -0.4 is 10.5 Å². The van der Waals surface area contributed by atoms with Crippen molar-refractivity contribution in [3.63, 3.8) is 0 Å². The number of aliphatic hydroxyl groups is 1. The van der Waals surface area contributed by atoms with Crippen molar-refractivity contribution in [1.82, 2.24) is 0 Å². The van der Waals surface area contributed by atoms with Crippen LogP contribution in [0.5, 0.6) is 5.75 Å². The van der Waals surface area contributed by atoms with Crippen molar-refractivity contribution in [2.45, 2.75) is 45.8 Å². The second-order valence-electron chi connectivity index (χ2n) is 5.42. The number of aliphatic hydroxyl groups excluding tert-OH is 1. The molecule has 1 aromatic carbocycles. The molecule has 0 aliphatic rings. The normalized spacial score (nSPS) is 14.9. The Bertz CT molecular complexity index is 388. The van der Waals surface area contributed by atoms with E-state index in [4.69, 9.17) is 10.5 Å². The van der Waals surface area contributed by atoms with Crippen LogP contribution in [0.4, 0.5) is 0 Å². The van der Waals surface area contributed by atoms with Gasteiger partial charge in [-0.2, -0.15) is 0 Å². The highest BCUT2D eigenvalue weighted by Gasteiger charge is 2.23. The molecule has 0 saturated carbocycles. The summed E-state index contributed by atoms with van der Waals surface area (Å²) in [7, 11) is 1.62. The summed E-state index contributed by atoms with van der Waals surface area (Å²) in [6, 6.07) is 5.64. The van der Waals surface area contributed by atoms with E-state index < -0.39 is 6.10 Å². The summed E-state index contributed by atoms with van der Waals surface area (Å²) in [5.41, 5.74) is 7.97. The largest absolute Gasteiger partial charge is 0.496 e. The molecule has 2 atom stereocenters. The van der Waals surface area contributed by atoms with Gasteiger partial charge in [-0.05, 0) is 23.5 Å². The van der Waals surface area contributed by atoms with Gasteiger partial charge in [0.1, 0.15) is 5.75 Å². The van der Waals surface area contributed by atoms with Crippen molar-refractivity contribution in [3.05, 3.63) is 29.3 Å². The second kappa shape index (κ2) is 6.21.